The van der Waals surface area contributed by atoms with Crippen LogP contribution < -0.4 is 0 Å². The number of ether oxygens (including phenoxy) is 1. The Morgan fingerprint density at radius 3 is 2.91 bits per heavy atom. The third-order valence-electron chi connectivity index (χ3n) is 2.07. The van der Waals surface area contributed by atoms with Gasteiger partial charge in [-0.3, -0.25) is 9.59 Å². The molecule has 0 bridgehead atoms. The molecule has 0 aliphatic heterocycles. The summed E-state index contributed by atoms with van der Waals surface area (Å²) in [6.45, 7) is 0. The van der Waals surface area contributed by atoms with Crippen LogP contribution in [-0.4, -0.2) is 18.9 Å². The van der Waals surface area contributed by atoms with Crippen molar-refractivity contribution in [3.63, 3.8) is 0 Å². The number of ketones is 1. The molecule has 3 heteroatoms. The van der Waals surface area contributed by atoms with Gasteiger partial charge in [0, 0.05) is 12.3 Å². The molecule has 1 atom stereocenters. The Labute approximate surface area is 65.7 Å². The molecule has 0 heterocycles. The van der Waals surface area contributed by atoms with Crippen LogP contribution in [-0.2, 0) is 14.3 Å². The molecule has 0 aromatic rings. The van der Waals surface area contributed by atoms with Crippen LogP contribution in [0.5, 0.6) is 0 Å². The second-order valence-electron chi connectivity index (χ2n) is 2.84. The lowest BCUT2D eigenvalue weighted by atomic mass is 10.0. The Hall–Kier alpha value is -0.860. The van der Waals surface area contributed by atoms with E-state index >= 15 is 0 Å². The highest BCUT2D eigenvalue weighted by molar-refractivity contribution is 5.86. The fraction of sp³-hybridized carbons (Fsp3) is 0.750. The van der Waals surface area contributed by atoms with E-state index in [9.17, 15) is 9.59 Å². The minimum absolute atomic E-state index is 0.0533. The zero-order valence-electron chi connectivity index (χ0n) is 6.63. The highest BCUT2D eigenvalue weighted by atomic mass is 16.5. The number of methoxy groups -OCH3 is 1. The summed E-state index contributed by atoms with van der Waals surface area (Å²) in [5.74, 6) is -0.108. The molecule has 1 aliphatic carbocycles. The maximum Gasteiger partial charge on any atom is 0.306 e. The average molecular weight is 156 g/mol. The van der Waals surface area contributed by atoms with Crippen LogP contribution in [0.25, 0.3) is 0 Å². The Morgan fingerprint density at radius 2 is 2.45 bits per heavy atom. The van der Waals surface area contributed by atoms with Gasteiger partial charge in [-0.1, -0.05) is 0 Å². The van der Waals surface area contributed by atoms with Crippen molar-refractivity contribution >= 4 is 11.8 Å². The van der Waals surface area contributed by atoms with Gasteiger partial charge in [-0.25, -0.2) is 0 Å². The lowest BCUT2D eigenvalue weighted by Gasteiger charge is -2.04. The number of rotatable bonds is 2. The van der Waals surface area contributed by atoms with Gasteiger partial charge in [0.15, 0.2) is 0 Å². The molecule has 0 N–H and O–H groups in total. The molecule has 1 aliphatic rings. The summed E-state index contributed by atoms with van der Waals surface area (Å²) in [5, 5.41) is 0. The number of carbonyl (C=O) groups is 2. The van der Waals surface area contributed by atoms with Gasteiger partial charge in [-0.15, -0.1) is 0 Å². The lowest BCUT2D eigenvalue weighted by molar-refractivity contribution is -0.143. The van der Waals surface area contributed by atoms with Crippen molar-refractivity contribution in [3.8, 4) is 0 Å². The van der Waals surface area contributed by atoms with E-state index in [2.05, 4.69) is 4.74 Å². The maximum absolute atomic E-state index is 11.0. The fourth-order valence-electron chi connectivity index (χ4n) is 1.39. The van der Waals surface area contributed by atoms with E-state index in [4.69, 9.17) is 0 Å². The van der Waals surface area contributed by atoms with Crippen LogP contribution in [0.3, 0.4) is 0 Å². The van der Waals surface area contributed by atoms with Crippen LogP contribution in [0.2, 0.25) is 0 Å². The van der Waals surface area contributed by atoms with Gasteiger partial charge in [0.05, 0.1) is 13.5 Å². The molecule has 3 nitrogen and oxygen atoms in total. The summed E-state index contributed by atoms with van der Waals surface area (Å²) in [4.78, 5) is 21.8. The van der Waals surface area contributed by atoms with Crippen LogP contribution in [0.1, 0.15) is 25.7 Å². The summed E-state index contributed by atoms with van der Waals surface area (Å²) in [6.07, 6.45) is 2.70. The lowest BCUT2D eigenvalue weighted by Crippen LogP contribution is -2.13. The number of hydrogen-bond donors (Lipinski definition) is 0. The van der Waals surface area contributed by atoms with Crippen molar-refractivity contribution in [2.24, 2.45) is 5.92 Å². The van der Waals surface area contributed by atoms with Gasteiger partial charge in [-0.2, -0.15) is 0 Å². The smallest absolute Gasteiger partial charge is 0.306 e. The monoisotopic (exact) mass is 156 g/mol. The summed E-state index contributed by atoms with van der Waals surface area (Å²) < 4.78 is 4.47. The molecule has 0 spiro atoms. The molecule has 0 saturated heterocycles. The van der Waals surface area contributed by atoms with E-state index in [1.807, 2.05) is 0 Å². The van der Waals surface area contributed by atoms with Crippen molar-refractivity contribution < 1.29 is 14.3 Å². The zero-order chi connectivity index (χ0) is 8.27. The van der Waals surface area contributed by atoms with Crippen molar-refractivity contribution in [3.05, 3.63) is 0 Å². The van der Waals surface area contributed by atoms with Gasteiger partial charge in [0.2, 0.25) is 0 Å². The van der Waals surface area contributed by atoms with Gasteiger partial charge < -0.3 is 4.74 Å². The summed E-state index contributed by atoms with van der Waals surface area (Å²) in [6, 6.07) is 0. The maximum atomic E-state index is 11.0. The topological polar surface area (TPSA) is 43.4 Å². The number of esters is 1. The molecular formula is C8H12O3. The van der Waals surface area contributed by atoms with Crippen molar-refractivity contribution in [1.82, 2.24) is 0 Å². The summed E-state index contributed by atoms with van der Waals surface area (Å²) in [7, 11) is 1.35. The van der Waals surface area contributed by atoms with E-state index in [-0.39, 0.29) is 24.1 Å². The predicted molar refractivity (Wildman–Crippen MR) is 39.0 cm³/mol. The molecule has 1 fully saturated rings. The van der Waals surface area contributed by atoms with E-state index in [0.717, 1.165) is 12.8 Å². The van der Waals surface area contributed by atoms with Gasteiger partial charge in [0.1, 0.15) is 5.78 Å². The van der Waals surface area contributed by atoms with Crippen LogP contribution in [0.4, 0.5) is 0 Å². The number of hydrogen-bond acceptors (Lipinski definition) is 3. The van der Waals surface area contributed by atoms with E-state index in [1.165, 1.54) is 7.11 Å². The van der Waals surface area contributed by atoms with Gasteiger partial charge >= 0.3 is 5.97 Å². The van der Waals surface area contributed by atoms with Crippen molar-refractivity contribution in [2.75, 3.05) is 7.11 Å². The first-order valence-corrected chi connectivity index (χ1v) is 3.83. The molecule has 0 aromatic heterocycles. The minimum atomic E-state index is -0.273. The Morgan fingerprint density at radius 1 is 1.73 bits per heavy atom. The fourth-order valence-corrected chi connectivity index (χ4v) is 1.39. The van der Waals surface area contributed by atoms with E-state index in [0.29, 0.717) is 6.42 Å². The third kappa shape index (κ3) is 2.03. The van der Waals surface area contributed by atoms with E-state index < -0.39 is 0 Å². The first-order valence-electron chi connectivity index (χ1n) is 3.83. The summed E-state index contributed by atoms with van der Waals surface area (Å²) >= 11 is 0. The minimum Gasteiger partial charge on any atom is -0.469 e. The van der Waals surface area contributed by atoms with Crippen LogP contribution >= 0.6 is 0 Å². The number of carbonyl (C=O) groups excluding carboxylic acids is 2. The van der Waals surface area contributed by atoms with Gasteiger partial charge in [-0.05, 0) is 12.8 Å². The molecule has 0 unspecified atom stereocenters. The molecule has 62 valence electrons. The first kappa shape index (κ1) is 8.24. The molecule has 0 radical (unpaired) electrons. The second kappa shape index (κ2) is 3.51. The Kier molecular flexibility index (Phi) is 2.63. The summed E-state index contributed by atoms with van der Waals surface area (Å²) in [5.41, 5.74) is 0. The Bertz CT molecular complexity index is 174. The Balaban J connectivity index is 2.36. The molecule has 1 saturated carbocycles. The standard InChI is InChI=1S/C8H12O3/c1-11-8(10)5-6-3-2-4-7(6)9/h6H,2-5H2,1H3/t6-/m0/s1. The van der Waals surface area contributed by atoms with Gasteiger partial charge in [0.25, 0.3) is 0 Å². The molecule has 0 aromatic carbocycles. The predicted octanol–water partition coefficient (Wildman–Crippen LogP) is 0.919. The van der Waals surface area contributed by atoms with Crippen molar-refractivity contribution in [1.29, 1.82) is 0 Å². The highest BCUT2D eigenvalue weighted by Gasteiger charge is 2.26. The first-order chi connectivity index (χ1) is 5.24. The number of Topliss-reactive ketones (excluding diaryl/α,β-unsaturated/α-hetero) is 1. The third-order valence-corrected chi connectivity index (χ3v) is 2.07. The molecular weight excluding hydrogens is 144 g/mol. The second-order valence-corrected chi connectivity index (χ2v) is 2.84. The zero-order valence-corrected chi connectivity index (χ0v) is 6.63. The highest BCUT2D eigenvalue weighted by Crippen LogP contribution is 2.24. The normalized spacial score (nSPS) is 23.7. The van der Waals surface area contributed by atoms with Crippen LogP contribution in [0, 0.1) is 5.92 Å². The molecule has 0 amide bonds. The van der Waals surface area contributed by atoms with Crippen molar-refractivity contribution in [2.45, 2.75) is 25.7 Å². The largest absolute Gasteiger partial charge is 0.469 e. The average Bonchev–Trinajstić information content (AvgIpc) is 2.37. The SMILES string of the molecule is COC(=O)C[C@@H]1CCCC1=O. The molecule has 1 rings (SSSR count). The quantitative estimate of drug-likeness (QED) is 0.558. The molecule has 11 heavy (non-hydrogen) atoms. The van der Waals surface area contributed by atoms with Crippen LogP contribution in [0.15, 0.2) is 0 Å². The van der Waals surface area contributed by atoms with E-state index in [1.54, 1.807) is 0 Å².